The Morgan fingerprint density at radius 1 is 1.15 bits per heavy atom. The van der Waals surface area contributed by atoms with Crippen molar-refractivity contribution in [3.63, 3.8) is 0 Å². The maximum Gasteiger partial charge on any atom is 0.313 e. The van der Waals surface area contributed by atoms with Crippen LogP contribution >= 0.6 is 0 Å². The molecule has 2 aromatic carbocycles. The van der Waals surface area contributed by atoms with Crippen LogP contribution in [-0.2, 0) is 6.61 Å². The lowest BCUT2D eigenvalue weighted by atomic mass is 10.2. The maximum atomic E-state index is 13.0. The second-order valence-electron chi connectivity index (χ2n) is 5.45. The normalized spacial score (nSPS) is 10.7. The van der Waals surface area contributed by atoms with Gasteiger partial charge in [-0.3, -0.25) is 15.5 Å². The molecule has 1 N–H and O–H groups in total. The smallest absolute Gasteiger partial charge is 0.313 e. The number of hydrazone groups is 1. The van der Waals surface area contributed by atoms with Crippen LogP contribution in [0.3, 0.4) is 0 Å². The van der Waals surface area contributed by atoms with Gasteiger partial charge >= 0.3 is 5.69 Å². The van der Waals surface area contributed by atoms with Gasteiger partial charge in [0, 0.05) is 17.8 Å². The molecule has 0 saturated carbocycles. The first-order valence-corrected chi connectivity index (χ1v) is 7.98. The molecule has 8 heteroatoms. The molecule has 0 aliphatic rings. The van der Waals surface area contributed by atoms with Crippen molar-refractivity contribution in [1.29, 1.82) is 0 Å². The molecule has 0 amide bonds. The van der Waals surface area contributed by atoms with E-state index in [4.69, 9.17) is 4.74 Å². The average molecular weight is 366 g/mol. The summed E-state index contributed by atoms with van der Waals surface area (Å²) in [4.78, 5) is 14.4. The van der Waals surface area contributed by atoms with Gasteiger partial charge in [-0.05, 0) is 35.9 Å². The molecule has 0 aliphatic heterocycles. The highest BCUT2D eigenvalue weighted by atomic mass is 19.1. The SMILES string of the molecule is O=[N+]([O-])c1cccnc1N/N=C\c1ccccc1OCc1ccc(F)cc1. The highest BCUT2D eigenvalue weighted by Crippen LogP contribution is 2.21. The average Bonchev–Trinajstić information content (AvgIpc) is 2.69. The second-order valence-corrected chi connectivity index (χ2v) is 5.45. The number of para-hydroxylation sites is 1. The largest absolute Gasteiger partial charge is 0.488 e. The van der Waals surface area contributed by atoms with Crippen LogP contribution in [0, 0.1) is 15.9 Å². The van der Waals surface area contributed by atoms with Crippen molar-refractivity contribution in [3.05, 3.63) is 93.9 Å². The third-order valence-electron chi connectivity index (χ3n) is 3.58. The van der Waals surface area contributed by atoms with Crippen LogP contribution < -0.4 is 10.2 Å². The molecule has 0 fully saturated rings. The van der Waals surface area contributed by atoms with Gasteiger partial charge in [0.25, 0.3) is 0 Å². The lowest BCUT2D eigenvalue weighted by Gasteiger charge is -2.09. The number of benzene rings is 2. The fraction of sp³-hybridized carbons (Fsp3) is 0.0526. The van der Waals surface area contributed by atoms with Crippen molar-refractivity contribution >= 4 is 17.7 Å². The zero-order valence-electron chi connectivity index (χ0n) is 14.1. The number of aromatic nitrogens is 1. The van der Waals surface area contributed by atoms with Gasteiger partial charge < -0.3 is 4.74 Å². The molecule has 7 nitrogen and oxygen atoms in total. The highest BCUT2D eigenvalue weighted by Gasteiger charge is 2.13. The van der Waals surface area contributed by atoms with E-state index in [1.165, 1.54) is 36.7 Å². The number of nitrogens with one attached hydrogen (secondary N) is 1. The van der Waals surface area contributed by atoms with E-state index in [1.54, 1.807) is 24.3 Å². The Morgan fingerprint density at radius 2 is 1.93 bits per heavy atom. The Morgan fingerprint density at radius 3 is 2.70 bits per heavy atom. The summed E-state index contributed by atoms with van der Waals surface area (Å²) in [6.07, 6.45) is 2.92. The molecule has 1 aromatic heterocycles. The third-order valence-corrected chi connectivity index (χ3v) is 3.58. The number of pyridine rings is 1. The first-order chi connectivity index (χ1) is 13.1. The van der Waals surface area contributed by atoms with E-state index < -0.39 is 4.92 Å². The van der Waals surface area contributed by atoms with Gasteiger partial charge in [0.05, 0.1) is 11.1 Å². The zero-order valence-corrected chi connectivity index (χ0v) is 14.1. The summed E-state index contributed by atoms with van der Waals surface area (Å²) >= 11 is 0. The van der Waals surface area contributed by atoms with E-state index >= 15 is 0 Å². The van der Waals surface area contributed by atoms with Crippen LogP contribution in [0.15, 0.2) is 72.0 Å². The minimum absolute atomic E-state index is 0.0449. The Kier molecular flexibility index (Phi) is 5.68. The molecule has 3 rings (SSSR count). The van der Waals surface area contributed by atoms with Crippen LogP contribution in [-0.4, -0.2) is 16.1 Å². The number of halogens is 1. The van der Waals surface area contributed by atoms with Crippen molar-refractivity contribution < 1.29 is 14.1 Å². The summed E-state index contributed by atoms with van der Waals surface area (Å²) in [7, 11) is 0. The second kappa shape index (κ2) is 8.52. The first-order valence-electron chi connectivity index (χ1n) is 7.98. The van der Waals surface area contributed by atoms with Crippen LogP contribution in [0.1, 0.15) is 11.1 Å². The number of nitrogens with zero attached hydrogens (tertiary/aromatic N) is 3. The van der Waals surface area contributed by atoms with Crippen LogP contribution in [0.5, 0.6) is 5.75 Å². The number of nitro groups is 1. The molecule has 0 unspecified atom stereocenters. The monoisotopic (exact) mass is 366 g/mol. The maximum absolute atomic E-state index is 13.0. The van der Waals surface area contributed by atoms with Crippen LogP contribution in [0.4, 0.5) is 15.9 Å². The Balaban J connectivity index is 1.69. The number of hydrogen-bond donors (Lipinski definition) is 1. The first kappa shape index (κ1) is 18.0. The minimum Gasteiger partial charge on any atom is -0.488 e. The molecule has 0 radical (unpaired) electrons. The summed E-state index contributed by atoms with van der Waals surface area (Å²) in [6.45, 7) is 0.268. The van der Waals surface area contributed by atoms with Gasteiger partial charge in [-0.2, -0.15) is 5.10 Å². The fourth-order valence-corrected chi connectivity index (χ4v) is 2.25. The van der Waals surface area contributed by atoms with E-state index in [9.17, 15) is 14.5 Å². The van der Waals surface area contributed by atoms with Crippen LogP contribution in [0.2, 0.25) is 0 Å². The molecule has 3 aromatic rings. The molecule has 27 heavy (non-hydrogen) atoms. The minimum atomic E-state index is -0.537. The summed E-state index contributed by atoms with van der Waals surface area (Å²) in [6, 6.07) is 16.0. The predicted octanol–water partition coefficient (Wildman–Crippen LogP) is 4.15. The number of rotatable bonds is 7. The molecule has 136 valence electrons. The molecular formula is C19H15FN4O3. The topological polar surface area (TPSA) is 89.7 Å². The van der Waals surface area contributed by atoms with E-state index in [0.717, 1.165) is 5.56 Å². The fourth-order valence-electron chi connectivity index (χ4n) is 2.25. The van der Waals surface area contributed by atoms with E-state index in [2.05, 4.69) is 15.5 Å². The van der Waals surface area contributed by atoms with Gasteiger partial charge in [0.2, 0.25) is 5.82 Å². The number of hydrogen-bond acceptors (Lipinski definition) is 6. The third kappa shape index (κ3) is 4.85. The standard InChI is InChI=1S/C19H15FN4O3/c20-16-9-7-14(8-10-16)13-27-18-6-2-1-4-15(18)12-22-23-19-17(24(25)26)5-3-11-21-19/h1-12H,13H2,(H,21,23)/b22-12-. The molecule has 0 saturated heterocycles. The molecule has 0 spiro atoms. The highest BCUT2D eigenvalue weighted by molar-refractivity contribution is 5.84. The quantitative estimate of drug-likeness (QED) is 0.385. The van der Waals surface area contributed by atoms with Crippen LogP contribution in [0.25, 0.3) is 0 Å². The summed E-state index contributed by atoms with van der Waals surface area (Å²) in [5.74, 6) is 0.312. The van der Waals surface area contributed by atoms with Crippen molar-refractivity contribution in [2.45, 2.75) is 6.61 Å². The zero-order chi connectivity index (χ0) is 19.1. The van der Waals surface area contributed by atoms with Crippen molar-refractivity contribution in [3.8, 4) is 5.75 Å². The predicted molar refractivity (Wildman–Crippen MR) is 99.3 cm³/mol. The Bertz CT molecular complexity index is 961. The summed E-state index contributed by atoms with van der Waals surface area (Å²) in [5, 5.41) is 15.0. The van der Waals surface area contributed by atoms with Crippen molar-refractivity contribution in [2.24, 2.45) is 5.10 Å². The van der Waals surface area contributed by atoms with Gasteiger partial charge in [-0.1, -0.05) is 24.3 Å². The number of ether oxygens (including phenoxy) is 1. The Labute approximate surface area is 154 Å². The lowest BCUT2D eigenvalue weighted by Crippen LogP contribution is -2.01. The molecular weight excluding hydrogens is 351 g/mol. The van der Waals surface area contributed by atoms with Gasteiger partial charge in [-0.25, -0.2) is 9.37 Å². The molecule has 0 atom stereocenters. The van der Waals surface area contributed by atoms with Crippen molar-refractivity contribution in [1.82, 2.24) is 4.98 Å². The van der Waals surface area contributed by atoms with Gasteiger partial charge in [-0.15, -0.1) is 0 Å². The molecule has 0 bridgehead atoms. The summed E-state index contributed by atoms with van der Waals surface area (Å²) < 4.78 is 18.7. The summed E-state index contributed by atoms with van der Waals surface area (Å²) in [5.41, 5.74) is 3.90. The molecule has 1 heterocycles. The van der Waals surface area contributed by atoms with Gasteiger partial charge in [0.15, 0.2) is 0 Å². The lowest BCUT2D eigenvalue weighted by molar-refractivity contribution is -0.384. The number of anilines is 1. The van der Waals surface area contributed by atoms with Gasteiger partial charge in [0.1, 0.15) is 18.2 Å². The van der Waals surface area contributed by atoms with Crippen molar-refractivity contribution in [2.75, 3.05) is 5.43 Å². The van der Waals surface area contributed by atoms with E-state index in [0.29, 0.717) is 11.3 Å². The molecule has 0 aliphatic carbocycles. The van der Waals surface area contributed by atoms with E-state index in [-0.39, 0.29) is 23.9 Å². The Hall–Kier alpha value is -3.81. The van der Waals surface area contributed by atoms with E-state index in [1.807, 2.05) is 12.1 Å².